The Balaban J connectivity index is 0.854. The third kappa shape index (κ3) is 18.6. The Morgan fingerprint density at radius 3 is 1.20 bits per heavy atom. The molecule has 0 amide bonds. The number of benzene rings is 8. The first kappa shape index (κ1) is 76.6. The number of halogens is 3. The van der Waals surface area contributed by atoms with Crippen molar-refractivity contribution >= 4 is 46.7 Å². The summed E-state index contributed by atoms with van der Waals surface area (Å²) in [5, 5.41) is 13.4. The SMILES string of the molecule is C[C@@H]1O[C@@H](O[C@H]2[C@H](O[C@@H]3[C@@H](N=[N+]=[N-])[C@H](O[C@H]4[C@H]5O[C@@H](c6ccccc6)OC[C@H]5O[C@@H](OC(=N)C(Cl)(Cl)Cl)[C@@H]4OCc4ccccc4)O[C@@H]4CO[C@H](c5ccccc5)O[C@H]34)O[C@@H]3CO[C@H](c4ccccc4)O[C@@H]3[C@@H]2OC(=O)c2ccccc2)[C@@H](OCc2ccccc2)[C@H](OCc2ccccc2)[C@@H]1OCc1ccccc1. The molecule has 0 aromatic heterocycles. The minimum Gasteiger partial charge on any atom is -0.453 e. The molecule has 0 radical (unpaired) electrons. The van der Waals surface area contributed by atoms with Crippen LogP contribution in [-0.4, -0.2) is 158 Å². The molecule has 8 aromatic carbocycles. The highest BCUT2D eigenvalue weighted by Gasteiger charge is 2.62. The molecule has 7 fully saturated rings. The van der Waals surface area contributed by atoms with E-state index in [-0.39, 0.29) is 51.8 Å². The molecule has 0 aliphatic carbocycles. The van der Waals surface area contributed by atoms with E-state index in [0.717, 1.165) is 22.3 Å². The van der Waals surface area contributed by atoms with Crippen molar-refractivity contribution in [3.8, 4) is 0 Å². The quantitative estimate of drug-likeness (QED) is 0.0106. The largest absolute Gasteiger partial charge is 0.453 e. The average molecular weight is 1550 g/mol. The van der Waals surface area contributed by atoms with Gasteiger partial charge in [0.1, 0.15) is 79.3 Å². The third-order valence-electron chi connectivity index (χ3n) is 19.8. The van der Waals surface area contributed by atoms with Gasteiger partial charge in [-0.25, -0.2) is 4.79 Å². The summed E-state index contributed by atoms with van der Waals surface area (Å²) < 4.78 is 130. The molecule has 7 aliphatic heterocycles. The minimum atomic E-state index is -2.37. The summed E-state index contributed by atoms with van der Waals surface area (Å²) in [4.78, 5) is 18.7. The van der Waals surface area contributed by atoms with Crippen LogP contribution in [0.4, 0.5) is 0 Å². The number of fused-ring (bicyclic) bond motifs is 3. The highest BCUT2D eigenvalue weighted by atomic mass is 35.6. The molecule has 109 heavy (non-hydrogen) atoms. The van der Waals surface area contributed by atoms with Crippen LogP contribution in [0, 0.1) is 5.41 Å². The standard InChI is InChI=1S/C82H81Cl3N4O20/c1-49-62(91-42-50-26-10-2-11-27-50)67(92-43-51-28-12-3-13-29-51)70(93-44-52-30-14-4-15-31-52)78(98-49)108-72-69(102-73(90)54-34-18-6-19-35-54)65-60(48-97-76(105-65)57-40-24-9-25-41-57)101-80(72)106-66-61(88-89-87)77(99-58-46-95-74(103-63(58)66)55-36-20-7-21-37-55)107-68-64-59(47-96-75(104-64)56-38-22-8-23-39-56)100-79(109-81(86)82(83,84)85)71(68)94-45-53-32-16-5-17-33-53/h2-41,49,58-72,74-80,86H,42-48H2,1H3/t49-,58+,59+,60+,61+,62+,63-,64-,65-,66+,67+,68-,69-,70-,71+,72+,74-,75-,76-,77-,78-,79-,80-/m0/s1. The van der Waals surface area contributed by atoms with Crippen molar-refractivity contribution in [2.75, 3.05) is 19.8 Å². The number of azide groups is 1. The van der Waals surface area contributed by atoms with E-state index in [1.54, 1.807) is 30.3 Å². The van der Waals surface area contributed by atoms with Gasteiger partial charge in [-0.2, -0.15) is 0 Å². The third-order valence-corrected chi connectivity index (χ3v) is 20.3. The van der Waals surface area contributed by atoms with Gasteiger partial charge < -0.3 is 90.0 Å². The molecule has 7 aliphatic rings. The fraction of sp³-hybridized carbons (Fsp3) is 0.390. The number of carbonyl (C=O) groups is 1. The number of hydrogen-bond acceptors (Lipinski definition) is 22. The molecule has 0 saturated carbocycles. The summed E-state index contributed by atoms with van der Waals surface area (Å²) in [6, 6.07) is 73.1. The van der Waals surface area contributed by atoms with Gasteiger partial charge in [-0.05, 0) is 46.8 Å². The van der Waals surface area contributed by atoms with Crippen LogP contribution >= 0.6 is 34.8 Å². The lowest BCUT2D eigenvalue weighted by Crippen LogP contribution is -2.70. The zero-order valence-corrected chi connectivity index (χ0v) is 61.2. The van der Waals surface area contributed by atoms with Gasteiger partial charge in [0.15, 0.2) is 49.9 Å². The molecule has 24 nitrogen and oxygen atoms in total. The Kier molecular flexibility index (Phi) is 25.4. The summed E-state index contributed by atoms with van der Waals surface area (Å²) in [7, 11) is 0. The number of ether oxygens (including phenoxy) is 19. The molecule has 0 bridgehead atoms. The number of alkyl halides is 3. The number of nitrogens with one attached hydrogen (secondary N) is 1. The first-order valence-corrected chi connectivity index (χ1v) is 37.3. The summed E-state index contributed by atoms with van der Waals surface area (Å²) in [6.45, 7) is 1.73. The van der Waals surface area contributed by atoms with E-state index >= 15 is 4.79 Å². The maximum Gasteiger partial charge on any atom is 0.338 e. The zero-order chi connectivity index (χ0) is 74.6. The van der Waals surface area contributed by atoms with Crippen LogP contribution in [0.1, 0.15) is 75.1 Å². The van der Waals surface area contributed by atoms with Gasteiger partial charge in [-0.1, -0.05) is 270 Å². The average Bonchev–Trinajstić information content (AvgIpc) is 0.754. The Morgan fingerprint density at radius 1 is 0.413 bits per heavy atom. The van der Waals surface area contributed by atoms with Crippen molar-refractivity contribution < 1.29 is 94.8 Å². The molecular formula is C82H81Cl3N4O20. The number of nitrogens with zero attached hydrogens (tertiary/aromatic N) is 3. The van der Waals surface area contributed by atoms with Gasteiger partial charge >= 0.3 is 5.97 Å². The van der Waals surface area contributed by atoms with Crippen LogP contribution in [0.2, 0.25) is 0 Å². The fourth-order valence-corrected chi connectivity index (χ4v) is 14.5. The van der Waals surface area contributed by atoms with Gasteiger partial charge in [-0.15, -0.1) is 0 Å². The van der Waals surface area contributed by atoms with Crippen LogP contribution in [0.25, 0.3) is 10.4 Å². The first-order valence-electron chi connectivity index (χ1n) is 36.1. The van der Waals surface area contributed by atoms with Crippen LogP contribution in [0.5, 0.6) is 0 Å². The number of hydrogen-bond donors (Lipinski definition) is 1. The molecule has 0 spiro atoms. The molecule has 15 rings (SSSR count). The lowest BCUT2D eigenvalue weighted by Gasteiger charge is -2.54. The lowest BCUT2D eigenvalue weighted by atomic mass is 9.93. The molecule has 7 saturated heterocycles. The predicted octanol–water partition coefficient (Wildman–Crippen LogP) is 14.0. The van der Waals surface area contributed by atoms with Crippen LogP contribution in [0.3, 0.4) is 0 Å². The Morgan fingerprint density at radius 2 is 0.761 bits per heavy atom. The molecule has 23 atom stereocenters. The van der Waals surface area contributed by atoms with Crippen LogP contribution in [-0.2, 0) is 116 Å². The maximum absolute atomic E-state index is 15.2. The number of esters is 1. The Hall–Kier alpha value is -7.80. The zero-order valence-electron chi connectivity index (χ0n) is 59.0. The van der Waals surface area contributed by atoms with E-state index in [1.807, 2.05) is 219 Å². The Labute approximate surface area is 644 Å². The van der Waals surface area contributed by atoms with E-state index in [2.05, 4.69) is 10.0 Å². The molecule has 570 valence electrons. The van der Waals surface area contributed by atoms with Crippen LogP contribution < -0.4 is 0 Å². The second-order valence-electron chi connectivity index (χ2n) is 27.1. The highest BCUT2D eigenvalue weighted by molar-refractivity contribution is 6.76. The molecule has 8 aromatic rings. The monoisotopic (exact) mass is 1550 g/mol. The molecule has 0 unspecified atom stereocenters. The lowest BCUT2D eigenvalue weighted by molar-refractivity contribution is -0.419. The summed E-state index contributed by atoms with van der Waals surface area (Å²) in [6.07, 6.45) is -27.1. The number of rotatable bonds is 25. The molecular weight excluding hydrogens is 1470 g/mol. The number of carbonyl (C=O) groups excluding carboxylic acids is 1. The second-order valence-corrected chi connectivity index (χ2v) is 29.4. The predicted molar refractivity (Wildman–Crippen MR) is 393 cm³/mol. The van der Waals surface area contributed by atoms with Crippen molar-refractivity contribution in [3.63, 3.8) is 0 Å². The van der Waals surface area contributed by atoms with Crippen molar-refractivity contribution in [2.24, 2.45) is 5.11 Å². The van der Waals surface area contributed by atoms with Gasteiger partial charge in [-0.3, -0.25) is 5.41 Å². The highest BCUT2D eigenvalue weighted by Crippen LogP contribution is 2.46. The van der Waals surface area contributed by atoms with Crippen LogP contribution in [0.15, 0.2) is 248 Å². The van der Waals surface area contributed by atoms with Gasteiger partial charge in [0.05, 0.1) is 57.9 Å². The minimum absolute atomic E-state index is 0.0413. The van der Waals surface area contributed by atoms with Gasteiger partial charge in [0.25, 0.3) is 3.79 Å². The van der Waals surface area contributed by atoms with Gasteiger partial charge in [0.2, 0.25) is 12.2 Å². The smallest absolute Gasteiger partial charge is 0.338 e. The molecule has 1 N–H and O–H groups in total. The summed E-state index contributed by atoms with van der Waals surface area (Å²) in [5.74, 6) is -1.55. The topological polar surface area (TPSA) is 265 Å². The van der Waals surface area contributed by atoms with E-state index in [0.29, 0.717) is 16.7 Å². The van der Waals surface area contributed by atoms with Crippen molar-refractivity contribution in [1.29, 1.82) is 5.41 Å². The van der Waals surface area contributed by atoms with E-state index in [4.69, 9.17) is 130 Å². The van der Waals surface area contributed by atoms with Crippen molar-refractivity contribution in [1.82, 2.24) is 0 Å². The fourth-order valence-electron chi connectivity index (χ4n) is 14.4. The molecule has 27 heteroatoms. The van der Waals surface area contributed by atoms with Gasteiger partial charge in [0, 0.05) is 21.6 Å². The Bertz CT molecular complexity index is 4240. The summed E-state index contributed by atoms with van der Waals surface area (Å²) in [5.41, 5.74) is 16.6. The second kappa shape index (κ2) is 36.1. The van der Waals surface area contributed by atoms with E-state index in [9.17, 15) is 5.53 Å². The van der Waals surface area contributed by atoms with E-state index in [1.165, 1.54) is 0 Å². The maximum atomic E-state index is 15.2. The normalized spacial score (nSPS) is 32.3. The first-order chi connectivity index (χ1) is 53.3. The summed E-state index contributed by atoms with van der Waals surface area (Å²) >= 11 is 19.0. The van der Waals surface area contributed by atoms with E-state index < -0.39 is 157 Å². The van der Waals surface area contributed by atoms with Crippen molar-refractivity contribution in [3.05, 3.63) is 298 Å². The van der Waals surface area contributed by atoms with Crippen molar-refractivity contribution in [2.45, 2.75) is 179 Å². The molecule has 7 heterocycles.